The minimum absolute atomic E-state index is 0.418. The molecule has 1 aromatic heterocycles. The van der Waals surface area contributed by atoms with Crippen LogP contribution in [0.5, 0.6) is 0 Å². The van der Waals surface area contributed by atoms with Crippen LogP contribution in [0.2, 0.25) is 0 Å². The molecule has 2 atom stereocenters. The molecule has 2 unspecified atom stereocenters. The number of alkyl halides is 1. The Labute approximate surface area is 115 Å². The lowest BCUT2D eigenvalue weighted by atomic mass is 9.82. The average molecular weight is 267 g/mol. The lowest BCUT2D eigenvalue weighted by Crippen LogP contribution is -2.16. The highest BCUT2D eigenvalue weighted by Gasteiger charge is 2.23. The van der Waals surface area contributed by atoms with E-state index in [1.54, 1.807) is 0 Å². The van der Waals surface area contributed by atoms with Crippen molar-refractivity contribution in [2.75, 3.05) is 0 Å². The smallest absolute Gasteiger partial charge is 0.131 e. The minimum Gasteiger partial charge on any atom is -0.241 e. The molecule has 1 fully saturated rings. The summed E-state index contributed by atoms with van der Waals surface area (Å²) in [5, 5.41) is 0. The van der Waals surface area contributed by atoms with E-state index in [1.165, 1.54) is 25.7 Å². The van der Waals surface area contributed by atoms with E-state index in [9.17, 15) is 0 Å². The summed E-state index contributed by atoms with van der Waals surface area (Å²) in [5.74, 6) is 3.33. The Hall–Kier alpha value is -0.630. The summed E-state index contributed by atoms with van der Waals surface area (Å²) >= 11 is 5.96. The van der Waals surface area contributed by atoms with Crippen LogP contribution in [0.25, 0.3) is 0 Å². The Morgan fingerprint density at radius 3 is 2.78 bits per heavy atom. The first-order chi connectivity index (χ1) is 8.61. The zero-order valence-corrected chi connectivity index (χ0v) is 12.4. The molecule has 100 valence electrons. The summed E-state index contributed by atoms with van der Waals surface area (Å²) < 4.78 is 0. The van der Waals surface area contributed by atoms with Gasteiger partial charge in [-0.25, -0.2) is 9.97 Å². The van der Waals surface area contributed by atoms with E-state index in [0.717, 1.165) is 23.0 Å². The van der Waals surface area contributed by atoms with Gasteiger partial charge >= 0.3 is 0 Å². The third-order valence-corrected chi connectivity index (χ3v) is 4.20. The van der Waals surface area contributed by atoms with Crippen LogP contribution in [0.4, 0.5) is 0 Å². The van der Waals surface area contributed by atoms with Gasteiger partial charge in [-0.15, -0.1) is 11.6 Å². The summed E-state index contributed by atoms with van der Waals surface area (Å²) in [6.07, 6.45) is 7.07. The van der Waals surface area contributed by atoms with E-state index in [-0.39, 0.29) is 0 Å². The van der Waals surface area contributed by atoms with Gasteiger partial charge < -0.3 is 0 Å². The van der Waals surface area contributed by atoms with Crippen molar-refractivity contribution in [3.8, 4) is 0 Å². The second kappa shape index (κ2) is 6.01. The molecule has 0 bridgehead atoms. The molecule has 0 aliphatic heterocycles. The monoisotopic (exact) mass is 266 g/mol. The topological polar surface area (TPSA) is 25.8 Å². The van der Waals surface area contributed by atoms with Gasteiger partial charge in [-0.3, -0.25) is 0 Å². The first kappa shape index (κ1) is 13.8. The molecule has 0 saturated heterocycles. The van der Waals surface area contributed by atoms with Crippen molar-refractivity contribution >= 4 is 11.6 Å². The second-order valence-corrected chi connectivity index (χ2v) is 6.16. The van der Waals surface area contributed by atoms with Crippen LogP contribution in [0, 0.1) is 5.92 Å². The summed E-state index contributed by atoms with van der Waals surface area (Å²) in [6.45, 7) is 6.68. The summed E-state index contributed by atoms with van der Waals surface area (Å²) in [7, 11) is 0. The van der Waals surface area contributed by atoms with Crippen molar-refractivity contribution in [2.45, 2.75) is 64.2 Å². The average Bonchev–Trinajstić information content (AvgIpc) is 2.38. The largest absolute Gasteiger partial charge is 0.241 e. The lowest BCUT2D eigenvalue weighted by molar-refractivity contribution is 0.334. The van der Waals surface area contributed by atoms with Gasteiger partial charge in [0.15, 0.2) is 0 Å². The number of hydrogen-bond acceptors (Lipinski definition) is 2. The molecule has 18 heavy (non-hydrogen) atoms. The molecule has 3 heteroatoms. The SMILES string of the molecule is CC1CCCC(c2ncc(CCl)c(C(C)C)n2)C1. The van der Waals surface area contributed by atoms with Crippen molar-refractivity contribution in [3.63, 3.8) is 0 Å². The van der Waals surface area contributed by atoms with E-state index >= 15 is 0 Å². The maximum absolute atomic E-state index is 5.96. The molecule has 2 rings (SSSR count). The first-order valence-corrected chi connectivity index (χ1v) is 7.57. The number of aromatic nitrogens is 2. The molecule has 1 aliphatic rings. The molecule has 1 aliphatic carbocycles. The predicted molar refractivity (Wildman–Crippen MR) is 76.1 cm³/mol. The first-order valence-electron chi connectivity index (χ1n) is 7.03. The Kier molecular flexibility index (Phi) is 4.60. The lowest BCUT2D eigenvalue weighted by Gasteiger charge is -2.26. The zero-order valence-electron chi connectivity index (χ0n) is 11.6. The number of halogens is 1. The Morgan fingerprint density at radius 2 is 2.17 bits per heavy atom. The fraction of sp³-hybridized carbons (Fsp3) is 0.733. The highest BCUT2D eigenvalue weighted by atomic mass is 35.5. The summed E-state index contributed by atoms with van der Waals surface area (Å²) in [4.78, 5) is 9.36. The Balaban J connectivity index is 2.25. The molecule has 0 aromatic carbocycles. The Bertz CT molecular complexity index is 403. The molecule has 1 saturated carbocycles. The van der Waals surface area contributed by atoms with Gasteiger partial charge in [-0.05, 0) is 24.7 Å². The molecule has 0 amide bonds. The van der Waals surface area contributed by atoms with Crippen LogP contribution in [-0.4, -0.2) is 9.97 Å². The quantitative estimate of drug-likeness (QED) is 0.746. The normalized spacial score (nSPS) is 24.5. The predicted octanol–water partition coefficient (Wildman–Crippen LogP) is 4.63. The molecular weight excluding hydrogens is 244 g/mol. The molecule has 0 spiro atoms. The number of hydrogen-bond donors (Lipinski definition) is 0. The maximum atomic E-state index is 5.96. The van der Waals surface area contributed by atoms with Gasteiger partial charge in [0.25, 0.3) is 0 Å². The van der Waals surface area contributed by atoms with Gasteiger partial charge in [0.2, 0.25) is 0 Å². The fourth-order valence-corrected chi connectivity index (χ4v) is 3.11. The van der Waals surface area contributed by atoms with E-state index in [4.69, 9.17) is 16.6 Å². The van der Waals surface area contributed by atoms with Crippen molar-refractivity contribution in [2.24, 2.45) is 5.92 Å². The van der Waals surface area contributed by atoms with Gasteiger partial charge in [0.1, 0.15) is 5.82 Å². The summed E-state index contributed by atoms with van der Waals surface area (Å²) in [6, 6.07) is 0. The number of nitrogens with zero attached hydrogens (tertiary/aromatic N) is 2. The van der Waals surface area contributed by atoms with Gasteiger partial charge in [0, 0.05) is 17.7 Å². The molecule has 0 N–H and O–H groups in total. The van der Waals surface area contributed by atoms with E-state index in [0.29, 0.717) is 17.7 Å². The number of rotatable bonds is 3. The van der Waals surface area contributed by atoms with Crippen molar-refractivity contribution < 1.29 is 0 Å². The van der Waals surface area contributed by atoms with Crippen molar-refractivity contribution in [1.29, 1.82) is 0 Å². The second-order valence-electron chi connectivity index (χ2n) is 5.90. The van der Waals surface area contributed by atoms with Crippen LogP contribution >= 0.6 is 11.6 Å². The molecule has 2 nitrogen and oxygen atoms in total. The summed E-state index contributed by atoms with van der Waals surface area (Å²) in [5.41, 5.74) is 2.22. The fourth-order valence-electron chi connectivity index (χ4n) is 2.90. The van der Waals surface area contributed by atoms with Crippen LogP contribution in [0.15, 0.2) is 6.20 Å². The van der Waals surface area contributed by atoms with Gasteiger partial charge in [-0.1, -0.05) is 33.6 Å². The van der Waals surface area contributed by atoms with Crippen molar-refractivity contribution in [1.82, 2.24) is 9.97 Å². The van der Waals surface area contributed by atoms with Crippen LogP contribution in [-0.2, 0) is 5.88 Å². The molecule has 1 aromatic rings. The van der Waals surface area contributed by atoms with Crippen LogP contribution in [0.1, 0.15) is 75.4 Å². The highest BCUT2D eigenvalue weighted by molar-refractivity contribution is 6.17. The third kappa shape index (κ3) is 3.03. The highest BCUT2D eigenvalue weighted by Crippen LogP contribution is 2.35. The molecule has 0 radical (unpaired) electrons. The van der Waals surface area contributed by atoms with Crippen molar-refractivity contribution in [3.05, 3.63) is 23.3 Å². The van der Waals surface area contributed by atoms with Gasteiger partial charge in [-0.2, -0.15) is 0 Å². The van der Waals surface area contributed by atoms with Gasteiger partial charge in [0.05, 0.1) is 11.6 Å². The maximum Gasteiger partial charge on any atom is 0.131 e. The third-order valence-electron chi connectivity index (χ3n) is 3.91. The zero-order chi connectivity index (χ0) is 13.1. The molecule has 1 heterocycles. The Morgan fingerprint density at radius 1 is 1.39 bits per heavy atom. The van der Waals surface area contributed by atoms with E-state index in [2.05, 4.69) is 25.8 Å². The van der Waals surface area contributed by atoms with E-state index < -0.39 is 0 Å². The van der Waals surface area contributed by atoms with Crippen LogP contribution in [0.3, 0.4) is 0 Å². The van der Waals surface area contributed by atoms with E-state index in [1.807, 2.05) is 6.20 Å². The minimum atomic E-state index is 0.418. The van der Waals surface area contributed by atoms with Crippen LogP contribution < -0.4 is 0 Å². The molecular formula is C15H23ClN2. The standard InChI is InChI=1S/C15H23ClN2/c1-10(2)14-13(8-16)9-17-15(18-14)12-6-4-5-11(3)7-12/h9-12H,4-8H2,1-3H3.